The van der Waals surface area contributed by atoms with Crippen LogP contribution in [0.25, 0.3) is 0 Å². The highest BCUT2D eigenvalue weighted by Crippen LogP contribution is 2.29. The van der Waals surface area contributed by atoms with E-state index in [1.807, 2.05) is 0 Å². The second-order valence-electron chi connectivity index (χ2n) is 4.98. The number of hydrogen-bond acceptors (Lipinski definition) is 1. The van der Waals surface area contributed by atoms with Gasteiger partial charge in [-0.3, -0.25) is 0 Å². The molecule has 0 aromatic carbocycles. The number of allylic oxidation sites excluding steroid dienone is 1. The molecule has 1 atom stereocenters. The van der Waals surface area contributed by atoms with Crippen molar-refractivity contribution in [2.24, 2.45) is 11.8 Å². The van der Waals surface area contributed by atoms with Crippen molar-refractivity contribution in [1.82, 2.24) is 4.90 Å². The van der Waals surface area contributed by atoms with E-state index in [0.29, 0.717) is 11.8 Å². The van der Waals surface area contributed by atoms with Crippen LogP contribution in [0.5, 0.6) is 0 Å². The monoisotopic (exact) mass is 207 g/mol. The molecule has 1 rings (SSSR count). The van der Waals surface area contributed by atoms with Gasteiger partial charge in [0, 0.05) is 18.8 Å². The van der Waals surface area contributed by atoms with Crippen LogP contribution in [0.2, 0.25) is 0 Å². The van der Waals surface area contributed by atoms with Gasteiger partial charge in [-0.1, -0.05) is 45.9 Å². The fraction of sp³-hybridized carbons (Fsp3) is 0.714. The van der Waals surface area contributed by atoms with E-state index in [2.05, 4.69) is 38.8 Å². The fourth-order valence-corrected chi connectivity index (χ4v) is 2.27. The first-order chi connectivity index (χ1) is 7.06. The van der Waals surface area contributed by atoms with Gasteiger partial charge in [-0.15, -0.1) is 0 Å². The topological polar surface area (TPSA) is 3.24 Å². The minimum Gasteiger partial charge on any atom is -0.375 e. The molecule has 0 spiro atoms. The summed E-state index contributed by atoms with van der Waals surface area (Å²) in [4.78, 5) is 2.45. The van der Waals surface area contributed by atoms with Gasteiger partial charge in [-0.2, -0.15) is 0 Å². The second kappa shape index (κ2) is 5.39. The summed E-state index contributed by atoms with van der Waals surface area (Å²) in [6.45, 7) is 17.4. The molecule has 1 heteroatoms. The van der Waals surface area contributed by atoms with Gasteiger partial charge in [0.1, 0.15) is 0 Å². The standard InChI is InChI=1S/C14H25N/c1-6-7-12(4)15-9-8-14(10-15)13(5)11(2)3/h11,14H,4-10H2,1-3H3. The first kappa shape index (κ1) is 12.4. The number of hydrogen-bond donors (Lipinski definition) is 0. The zero-order valence-electron chi connectivity index (χ0n) is 10.6. The van der Waals surface area contributed by atoms with E-state index >= 15 is 0 Å². The molecule has 1 aliphatic rings. The predicted molar refractivity (Wildman–Crippen MR) is 67.7 cm³/mol. The molecular formula is C14H25N. The minimum atomic E-state index is 0.620. The van der Waals surface area contributed by atoms with Crippen molar-refractivity contribution in [3.63, 3.8) is 0 Å². The highest BCUT2D eigenvalue weighted by atomic mass is 15.2. The Labute approximate surface area is 94.9 Å². The Hall–Kier alpha value is -0.720. The Morgan fingerprint density at radius 1 is 1.40 bits per heavy atom. The van der Waals surface area contributed by atoms with Crippen LogP contribution in [-0.4, -0.2) is 18.0 Å². The van der Waals surface area contributed by atoms with E-state index in [0.717, 1.165) is 13.0 Å². The summed E-state index contributed by atoms with van der Waals surface area (Å²) in [5.41, 5.74) is 2.73. The van der Waals surface area contributed by atoms with Crippen LogP contribution < -0.4 is 0 Å². The normalized spacial score (nSPS) is 21.1. The van der Waals surface area contributed by atoms with Crippen LogP contribution in [0, 0.1) is 11.8 Å². The maximum absolute atomic E-state index is 4.22. The third-order valence-electron chi connectivity index (χ3n) is 3.44. The molecule has 0 saturated carbocycles. The van der Waals surface area contributed by atoms with Gasteiger partial charge < -0.3 is 4.90 Å². The van der Waals surface area contributed by atoms with E-state index in [4.69, 9.17) is 0 Å². The van der Waals surface area contributed by atoms with Crippen molar-refractivity contribution >= 4 is 0 Å². The molecule has 1 fully saturated rings. The summed E-state index contributed by atoms with van der Waals surface area (Å²) in [6.07, 6.45) is 3.60. The zero-order valence-corrected chi connectivity index (χ0v) is 10.6. The third-order valence-corrected chi connectivity index (χ3v) is 3.44. The maximum atomic E-state index is 4.22. The Morgan fingerprint density at radius 3 is 2.60 bits per heavy atom. The van der Waals surface area contributed by atoms with Crippen molar-refractivity contribution < 1.29 is 0 Å². The number of rotatable bonds is 5. The van der Waals surface area contributed by atoms with Crippen molar-refractivity contribution in [1.29, 1.82) is 0 Å². The quantitative estimate of drug-likeness (QED) is 0.619. The van der Waals surface area contributed by atoms with E-state index < -0.39 is 0 Å². The van der Waals surface area contributed by atoms with Crippen molar-refractivity contribution in [2.75, 3.05) is 13.1 Å². The SMILES string of the molecule is C=C(C(C)C)C1CCN(C(=C)CCC)C1. The average Bonchev–Trinajstić information content (AvgIpc) is 2.65. The van der Waals surface area contributed by atoms with Gasteiger partial charge in [-0.25, -0.2) is 0 Å². The summed E-state index contributed by atoms with van der Waals surface area (Å²) >= 11 is 0. The lowest BCUT2D eigenvalue weighted by Gasteiger charge is -2.22. The lowest BCUT2D eigenvalue weighted by Crippen LogP contribution is -2.20. The highest BCUT2D eigenvalue weighted by Gasteiger charge is 2.25. The lowest BCUT2D eigenvalue weighted by atomic mass is 9.91. The summed E-state index contributed by atoms with van der Waals surface area (Å²) in [5.74, 6) is 1.31. The lowest BCUT2D eigenvalue weighted by molar-refractivity contribution is 0.394. The number of nitrogens with zero attached hydrogens (tertiary/aromatic N) is 1. The van der Waals surface area contributed by atoms with E-state index in [9.17, 15) is 0 Å². The van der Waals surface area contributed by atoms with Gasteiger partial charge in [0.2, 0.25) is 0 Å². The molecule has 86 valence electrons. The molecule has 0 amide bonds. The molecule has 0 bridgehead atoms. The maximum Gasteiger partial charge on any atom is 0.0241 e. The van der Waals surface area contributed by atoms with Gasteiger partial charge in [0.25, 0.3) is 0 Å². The first-order valence-electron chi connectivity index (χ1n) is 6.17. The first-order valence-corrected chi connectivity index (χ1v) is 6.17. The number of likely N-dealkylation sites (tertiary alicyclic amines) is 1. The van der Waals surface area contributed by atoms with Crippen LogP contribution in [0.4, 0.5) is 0 Å². The zero-order chi connectivity index (χ0) is 11.4. The largest absolute Gasteiger partial charge is 0.375 e. The molecule has 1 nitrogen and oxygen atoms in total. The molecule has 15 heavy (non-hydrogen) atoms. The van der Waals surface area contributed by atoms with E-state index in [1.54, 1.807) is 0 Å². The second-order valence-corrected chi connectivity index (χ2v) is 4.98. The molecule has 1 unspecified atom stereocenters. The van der Waals surface area contributed by atoms with Gasteiger partial charge in [-0.05, 0) is 24.7 Å². The van der Waals surface area contributed by atoms with E-state index in [-0.39, 0.29) is 0 Å². The molecule has 1 saturated heterocycles. The summed E-state index contributed by atoms with van der Waals surface area (Å²) in [6, 6.07) is 0. The molecule has 0 radical (unpaired) electrons. The Bertz CT molecular complexity index is 240. The molecule has 0 N–H and O–H groups in total. The van der Waals surface area contributed by atoms with Crippen molar-refractivity contribution in [3.8, 4) is 0 Å². The van der Waals surface area contributed by atoms with Crippen LogP contribution in [-0.2, 0) is 0 Å². The average molecular weight is 207 g/mol. The molecule has 1 heterocycles. The molecule has 0 aromatic heterocycles. The minimum absolute atomic E-state index is 0.620. The van der Waals surface area contributed by atoms with Crippen LogP contribution in [0.3, 0.4) is 0 Å². The molecular weight excluding hydrogens is 182 g/mol. The Balaban J connectivity index is 2.45. The van der Waals surface area contributed by atoms with Gasteiger partial charge >= 0.3 is 0 Å². The van der Waals surface area contributed by atoms with Gasteiger partial charge in [0.15, 0.2) is 0 Å². The highest BCUT2D eigenvalue weighted by molar-refractivity contribution is 5.09. The molecule has 0 aliphatic carbocycles. The predicted octanol–water partition coefficient (Wildman–Crippen LogP) is 3.83. The van der Waals surface area contributed by atoms with Crippen molar-refractivity contribution in [2.45, 2.75) is 40.0 Å². The smallest absolute Gasteiger partial charge is 0.0241 e. The van der Waals surface area contributed by atoms with Crippen LogP contribution >= 0.6 is 0 Å². The van der Waals surface area contributed by atoms with E-state index in [1.165, 1.54) is 30.7 Å². The summed E-state index contributed by atoms with van der Waals surface area (Å²) in [7, 11) is 0. The Kier molecular flexibility index (Phi) is 4.44. The molecule has 0 aromatic rings. The Morgan fingerprint density at radius 2 is 2.07 bits per heavy atom. The van der Waals surface area contributed by atoms with Crippen LogP contribution in [0.15, 0.2) is 24.4 Å². The van der Waals surface area contributed by atoms with Crippen molar-refractivity contribution in [3.05, 3.63) is 24.4 Å². The van der Waals surface area contributed by atoms with Crippen LogP contribution in [0.1, 0.15) is 40.0 Å². The summed E-state index contributed by atoms with van der Waals surface area (Å²) in [5, 5.41) is 0. The van der Waals surface area contributed by atoms with Gasteiger partial charge in [0.05, 0.1) is 0 Å². The summed E-state index contributed by atoms with van der Waals surface area (Å²) < 4.78 is 0. The fourth-order valence-electron chi connectivity index (χ4n) is 2.27. The third kappa shape index (κ3) is 3.12. The molecule has 1 aliphatic heterocycles.